The fourth-order valence-corrected chi connectivity index (χ4v) is 4.88. The number of amides is 1. The van der Waals surface area contributed by atoms with Crippen LogP contribution in [0.3, 0.4) is 0 Å². The van der Waals surface area contributed by atoms with Gasteiger partial charge in [-0.25, -0.2) is 9.09 Å². The van der Waals surface area contributed by atoms with Gasteiger partial charge in [-0.3, -0.25) is 4.79 Å². The number of nitrogens with zero attached hydrogens (tertiary/aromatic N) is 1. The summed E-state index contributed by atoms with van der Waals surface area (Å²) in [6, 6.07) is 26.0. The predicted molar refractivity (Wildman–Crippen MR) is 129 cm³/mol. The van der Waals surface area contributed by atoms with Gasteiger partial charge in [-0.2, -0.15) is 0 Å². The van der Waals surface area contributed by atoms with Crippen molar-refractivity contribution in [3.63, 3.8) is 0 Å². The highest BCUT2D eigenvalue weighted by atomic mass is 31.2. The molecule has 1 atom stereocenters. The zero-order valence-electron chi connectivity index (χ0n) is 19.3. The molecule has 0 aliphatic carbocycles. The minimum Gasteiger partial charge on any atom is -0.395 e. The Morgan fingerprint density at radius 1 is 0.697 bits per heavy atom. The first-order valence-corrected chi connectivity index (χ1v) is 12.4. The van der Waals surface area contributed by atoms with Crippen molar-refractivity contribution in [2.24, 2.45) is 0 Å². The van der Waals surface area contributed by atoms with E-state index >= 15 is 0 Å². The smallest absolute Gasteiger partial charge is 0.395 e. The lowest BCUT2D eigenvalue weighted by Gasteiger charge is -2.34. The molecule has 0 bridgehead atoms. The molecule has 1 unspecified atom stereocenters. The molecule has 0 spiro atoms. The zero-order valence-corrected chi connectivity index (χ0v) is 20.2. The first-order chi connectivity index (χ1) is 15.8. The number of rotatable bonds is 10. The normalized spacial score (nSPS) is 12.4. The van der Waals surface area contributed by atoms with Crippen LogP contribution in [-0.2, 0) is 13.9 Å². The van der Waals surface area contributed by atoms with E-state index in [4.69, 9.17) is 13.6 Å². The zero-order chi connectivity index (χ0) is 23.8. The third-order valence-electron chi connectivity index (χ3n) is 4.85. The van der Waals surface area contributed by atoms with Crippen LogP contribution in [-0.4, -0.2) is 22.9 Å². The van der Waals surface area contributed by atoms with Gasteiger partial charge in [0.1, 0.15) is 11.5 Å². The van der Waals surface area contributed by atoms with Crippen molar-refractivity contribution in [3.8, 4) is 11.5 Å². The number of phosphoric acid groups is 1. The van der Waals surface area contributed by atoms with Crippen molar-refractivity contribution in [1.82, 2.24) is 4.90 Å². The van der Waals surface area contributed by atoms with Crippen molar-refractivity contribution < 1.29 is 22.9 Å². The average molecular weight is 468 g/mol. The van der Waals surface area contributed by atoms with Crippen molar-refractivity contribution in [3.05, 3.63) is 96.6 Å². The maximum atomic E-state index is 14.0. The molecule has 6 nitrogen and oxygen atoms in total. The molecule has 0 saturated heterocycles. The first kappa shape index (κ1) is 24.6. The number of carbonyl (C=O) groups is 1. The second-order valence-corrected chi connectivity index (χ2v) is 9.56. The minimum absolute atomic E-state index is 0.0863. The average Bonchev–Trinajstić information content (AvgIpc) is 2.79. The lowest BCUT2D eigenvalue weighted by molar-refractivity contribution is -0.143. The van der Waals surface area contributed by atoms with Gasteiger partial charge in [0.05, 0.1) is 0 Å². The Bertz CT molecular complexity index is 1000. The van der Waals surface area contributed by atoms with Crippen LogP contribution < -0.4 is 9.05 Å². The summed E-state index contributed by atoms with van der Waals surface area (Å²) in [6.07, 6.45) is -1.19. The molecular formula is C26H30NO5P. The molecule has 33 heavy (non-hydrogen) atoms. The van der Waals surface area contributed by atoms with Gasteiger partial charge in [-0.05, 0) is 57.5 Å². The van der Waals surface area contributed by atoms with E-state index in [1.54, 1.807) is 77.7 Å². The number of hydrogen-bond acceptors (Lipinski definition) is 5. The van der Waals surface area contributed by atoms with Crippen molar-refractivity contribution in [1.29, 1.82) is 0 Å². The van der Waals surface area contributed by atoms with Gasteiger partial charge in [0.2, 0.25) is 0 Å². The summed E-state index contributed by atoms with van der Waals surface area (Å²) in [5.74, 6) is 0.293. The van der Waals surface area contributed by atoms with E-state index in [2.05, 4.69) is 0 Å². The second kappa shape index (κ2) is 11.2. The van der Waals surface area contributed by atoms with Crippen LogP contribution in [0.2, 0.25) is 0 Å². The molecule has 0 aliphatic rings. The largest absolute Gasteiger partial charge is 0.588 e. The molecule has 0 aromatic heterocycles. The number of para-hydroxylation sites is 2. The van der Waals surface area contributed by atoms with Crippen LogP contribution in [0.4, 0.5) is 0 Å². The molecular weight excluding hydrogens is 437 g/mol. The van der Waals surface area contributed by atoms with E-state index in [0.717, 1.165) is 0 Å². The minimum atomic E-state index is -4.29. The van der Waals surface area contributed by atoms with Crippen molar-refractivity contribution >= 4 is 13.7 Å². The molecule has 3 rings (SSSR count). The monoisotopic (exact) mass is 467 g/mol. The lowest BCUT2D eigenvalue weighted by atomic mass is 10.1. The number of carbonyl (C=O) groups excluding carboxylic acids is 1. The van der Waals surface area contributed by atoms with Gasteiger partial charge in [0.15, 0.2) is 6.10 Å². The maximum Gasteiger partial charge on any atom is 0.588 e. The first-order valence-electron chi connectivity index (χ1n) is 10.9. The second-order valence-electron chi connectivity index (χ2n) is 8.09. The molecule has 174 valence electrons. The topological polar surface area (TPSA) is 65.1 Å². The van der Waals surface area contributed by atoms with Crippen molar-refractivity contribution in [2.75, 3.05) is 0 Å². The van der Waals surface area contributed by atoms with Crippen LogP contribution in [0.5, 0.6) is 11.5 Å². The van der Waals surface area contributed by atoms with Gasteiger partial charge in [0, 0.05) is 12.1 Å². The quantitative estimate of drug-likeness (QED) is 0.312. The molecule has 7 heteroatoms. The van der Waals surface area contributed by atoms with E-state index in [1.165, 1.54) is 0 Å². The third kappa shape index (κ3) is 6.70. The number of benzene rings is 3. The Balaban J connectivity index is 2.02. The molecule has 3 aromatic rings. The summed E-state index contributed by atoms with van der Waals surface area (Å²) >= 11 is 0. The van der Waals surface area contributed by atoms with Crippen LogP contribution in [0.15, 0.2) is 91.0 Å². The van der Waals surface area contributed by atoms with Crippen LogP contribution in [0, 0.1) is 0 Å². The fourth-order valence-electron chi connectivity index (χ4n) is 3.53. The highest BCUT2D eigenvalue weighted by Gasteiger charge is 2.40. The van der Waals surface area contributed by atoms with Crippen LogP contribution >= 0.6 is 7.82 Å². The Morgan fingerprint density at radius 3 is 1.48 bits per heavy atom. The molecule has 3 aromatic carbocycles. The summed E-state index contributed by atoms with van der Waals surface area (Å²) in [6.45, 7) is 7.72. The predicted octanol–water partition coefficient (Wildman–Crippen LogP) is 6.66. The summed E-state index contributed by atoms with van der Waals surface area (Å²) in [5, 5.41) is 0. The van der Waals surface area contributed by atoms with Crippen molar-refractivity contribution in [2.45, 2.75) is 45.9 Å². The number of hydrogen-bond donors (Lipinski definition) is 0. The number of phosphoric ester groups is 1. The van der Waals surface area contributed by atoms with E-state index in [0.29, 0.717) is 17.1 Å². The van der Waals surface area contributed by atoms with E-state index in [-0.39, 0.29) is 18.0 Å². The Labute approximate surface area is 195 Å². The van der Waals surface area contributed by atoms with Gasteiger partial charge in [0.25, 0.3) is 5.91 Å². The maximum absolute atomic E-state index is 14.0. The molecule has 0 N–H and O–H groups in total. The van der Waals surface area contributed by atoms with E-state index in [1.807, 2.05) is 45.9 Å². The molecule has 0 aliphatic heterocycles. The van der Waals surface area contributed by atoms with E-state index < -0.39 is 13.9 Å². The SMILES string of the molecule is CC(C)N(C(=O)C(OP(=O)(Oc1ccccc1)Oc1ccccc1)c1ccccc1)C(C)C. The van der Waals surface area contributed by atoms with Crippen LogP contribution in [0.25, 0.3) is 0 Å². The third-order valence-corrected chi connectivity index (χ3v) is 6.19. The Morgan fingerprint density at radius 2 is 1.09 bits per heavy atom. The Kier molecular flexibility index (Phi) is 8.32. The van der Waals surface area contributed by atoms with Crippen LogP contribution in [0.1, 0.15) is 39.4 Å². The highest BCUT2D eigenvalue weighted by molar-refractivity contribution is 7.49. The lowest BCUT2D eigenvalue weighted by Crippen LogP contribution is -2.45. The van der Waals surface area contributed by atoms with Gasteiger partial charge < -0.3 is 13.9 Å². The van der Waals surface area contributed by atoms with Gasteiger partial charge >= 0.3 is 7.82 Å². The summed E-state index contributed by atoms with van der Waals surface area (Å²) in [7, 11) is -4.29. The van der Waals surface area contributed by atoms with Gasteiger partial charge in [-0.1, -0.05) is 66.7 Å². The van der Waals surface area contributed by atoms with E-state index in [9.17, 15) is 9.36 Å². The molecule has 0 heterocycles. The molecule has 0 saturated carbocycles. The van der Waals surface area contributed by atoms with Gasteiger partial charge in [-0.15, -0.1) is 0 Å². The fraction of sp³-hybridized carbons (Fsp3) is 0.269. The summed E-state index contributed by atoms with van der Waals surface area (Å²) < 4.78 is 31.5. The molecule has 0 radical (unpaired) electrons. The highest BCUT2D eigenvalue weighted by Crippen LogP contribution is 2.53. The molecule has 1 amide bonds. The standard InChI is InChI=1S/C26H30NO5P/c1-20(2)27(21(3)4)26(28)25(22-14-8-5-9-15-22)32-33(29,30-23-16-10-6-11-17-23)31-24-18-12-7-13-19-24/h5-21,25H,1-4H3. The summed E-state index contributed by atoms with van der Waals surface area (Å²) in [4.78, 5) is 15.4. The Hall–Kier alpha value is -3.08. The molecule has 0 fully saturated rings. The summed E-state index contributed by atoms with van der Waals surface area (Å²) in [5.41, 5.74) is 0.558.